The van der Waals surface area contributed by atoms with Gasteiger partial charge in [-0.1, -0.05) is 0 Å². The molecule has 2 N–H and O–H groups in total. The molecule has 0 saturated carbocycles. The summed E-state index contributed by atoms with van der Waals surface area (Å²) < 4.78 is 0. The molecule has 1 atom stereocenters. The fraction of sp³-hybridized carbons (Fsp3) is 0.400. The summed E-state index contributed by atoms with van der Waals surface area (Å²) in [5, 5.41) is 11.7. The molecule has 0 aliphatic rings. The van der Waals surface area contributed by atoms with Gasteiger partial charge in [-0.05, 0) is 25.5 Å². The van der Waals surface area contributed by atoms with Gasteiger partial charge in [0.2, 0.25) is 0 Å². The van der Waals surface area contributed by atoms with E-state index in [1.807, 2.05) is 19.9 Å². The summed E-state index contributed by atoms with van der Waals surface area (Å²) in [6.07, 6.45) is 3.54. The van der Waals surface area contributed by atoms with Crippen molar-refractivity contribution in [1.82, 2.24) is 4.98 Å². The van der Waals surface area contributed by atoms with Crippen LogP contribution in [0.5, 0.6) is 0 Å². The van der Waals surface area contributed by atoms with Gasteiger partial charge in [-0.15, -0.1) is 0 Å². The van der Waals surface area contributed by atoms with Gasteiger partial charge in [0.1, 0.15) is 0 Å². The van der Waals surface area contributed by atoms with Crippen molar-refractivity contribution < 1.29 is 9.90 Å². The van der Waals surface area contributed by atoms with Crippen molar-refractivity contribution in [2.24, 2.45) is 0 Å². The van der Waals surface area contributed by atoms with Crippen molar-refractivity contribution in [1.29, 1.82) is 0 Å². The van der Waals surface area contributed by atoms with Crippen molar-refractivity contribution in [3.05, 3.63) is 24.0 Å². The lowest BCUT2D eigenvalue weighted by Crippen LogP contribution is -2.19. The lowest BCUT2D eigenvalue weighted by Gasteiger charge is -2.14. The van der Waals surface area contributed by atoms with Crippen molar-refractivity contribution in [3.63, 3.8) is 0 Å². The number of hydrogen-bond donors (Lipinski definition) is 2. The van der Waals surface area contributed by atoms with Gasteiger partial charge in [0.05, 0.1) is 6.42 Å². The molecule has 1 heterocycles. The zero-order valence-corrected chi connectivity index (χ0v) is 8.32. The quantitative estimate of drug-likeness (QED) is 0.765. The summed E-state index contributed by atoms with van der Waals surface area (Å²) in [5.41, 5.74) is 1.96. The van der Waals surface area contributed by atoms with E-state index in [4.69, 9.17) is 5.11 Å². The van der Waals surface area contributed by atoms with E-state index < -0.39 is 5.97 Å². The Balaban J connectivity index is 2.60. The average molecular weight is 194 g/mol. The molecule has 4 heteroatoms. The third-order valence-corrected chi connectivity index (χ3v) is 1.90. The number of carbonyl (C=O) groups is 1. The topological polar surface area (TPSA) is 62.2 Å². The normalized spacial score (nSPS) is 12.1. The number of pyridine rings is 1. The van der Waals surface area contributed by atoms with Gasteiger partial charge >= 0.3 is 5.97 Å². The van der Waals surface area contributed by atoms with Crippen LogP contribution >= 0.6 is 0 Å². The molecule has 0 radical (unpaired) electrons. The molecule has 76 valence electrons. The summed E-state index contributed by atoms with van der Waals surface area (Å²) in [5.74, 6) is -0.795. The monoisotopic (exact) mass is 194 g/mol. The summed E-state index contributed by atoms with van der Waals surface area (Å²) in [7, 11) is 0. The zero-order chi connectivity index (χ0) is 10.6. The molecule has 1 aromatic rings. The van der Waals surface area contributed by atoms with Crippen LogP contribution in [0.25, 0.3) is 0 Å². The van der Waals surface area contributed by atoms with Gasteiger partial charge in [-0.25, -0.2) is 0 Å². The predicted octanol–water partition coefficient (Wildman–Crippen LogP) is 1.67. The van der Waals surface area contributed by atoms with Crippen molar-refractivity contribution in [2.75, 3.05) is 5.32 Å². The highest BCUT2D eigenvalue weighted by atomic mass is 16.4. The summed E-state index contributed by atoms with van der Waals surface area (Å²) in [6, 6.07) is 1.77. The molecule has 0 bridgehead atoms. The first kappa shape index (κ1) is 10.5. The minimum absolute atomic E-state index is 0.0754. The highest BCUT2D eigenvalue weighted by molar-refractivity contribution is 5.68. The number of nitrogens with zero attached hydrogens (tertiary/aromatic N) is 1. The first-order valence-electron chi connectivity index (χ1n) is 4.48. The summed E-state index contributed by atoms with van der Waals surface area (Å²) in [4.78, 5) is 14.4. The van der Waals surface area contributed by atoms with Crippen LogP contribution in [0.1, 0.15) is 18.9 Å². The van der Waals surface area contributed by atoms with Crippen molar-refractivity contribution in [2.45, 2.75) is 26.3 Å². The van der Waals surface area contributed by atoms with Gasteiger partial charge in [0.15, 0.2) is 0 Å². The Bertz CT molecular complexity index is 326. The van der Waals surface area contributed by atoms with Crippen LogP contribution in [0.2, 0.25) is 0 Å². The maximum atomic E-state index is 10.4. The van der Waals surface area contributed by atoms with Gasteiger partial charge in [-0.2, -0.15) is 0 Å². The lowest BCUT2D eigenvalue weighted by molar-refractivity contribution is -0.137. The maximum absolute atomic E-state index is 10.4. The molecule has 1 aromatic heterocycles. The highest BCUT2D eigenvalue weighted by Crippen LogP contribution is 2.13. The number of aliphatic carboxylic acids is 1. The fourth-order valence-electron chi connectivity index (χ4n) is 1.21. The molecule has 0 fully saturated rings. The highest BCUT2D eigenvalue weighted by Gasteiger charge is 2.07. The number of carboxylic acid groups (broad SMARTS) is 1. The van der Waals surface area contributed by atoms with Gasteiger partial charge < -0.3 is 10.4 Å². The third-order valence-electron chi connectivity index (χ3n) is 1.90. The number of aryl methyl sites for hydroxylation is 1. The minimum atomic E-state index is -0.795. The average Bonchev–Trinajstić information content (AvgIpc) is 2.07. The van der Waals surface area contributed by atoms with E-state index in [9.17, 15) is 4.79 Å². The van der Waals surface area contributed by atoms with Crippen LogP contribution in [0.15, 0.2) is 18.5 Å². The smallest absolute Gasteiger partial charge is 0.305 e. The van der Waals surface area contributed by atoms with Crippen molar-refractivity contribution in [3.8, 4) is 0 Å². The number of carboxylic acids is 1. The van der Waals surface area contributed by atoms with Gasteiger partial charge in [0.25, 0.3) is 0 Å². The Morgan fingerprint density at radius 2 is 2.43 bits per heavy atom. The Morgan fingerprint density at radius 3 is 3.00 bits per heavy atom. The van der Waals surface area contributed by atoms with Crippen LogP contribution in [-0.2, 0) is 4.79 Å². The van der Waals surface area contributed by atoms with E-state index in [0.717, 1.165) is 11.3 Å². The molecule has 0 amide bonds. The van der Waals surface area contributed by atoms with Gasteiger partial charge in [-0.3, -0.25) is 9.78 Å². The first-order valence-corrected chi connectivity index (χ1v) is 4.48. The number of rotatable bonds is 4. The largest absolute Gasteiger partial charge is 0.481 e. The van der Waals surface area contributed by atoms with Crippen LogP contribution in [0.3, 0.4) is 0 Å². The third kappa shape index (κ3) is 3.05. The predicted molar refractivity (Wildman–Crippen MR) is 54.3 cm³/mol. The van der Waals surface area contributed by atoms with Gasteiger partial charge in [0, 0.05) is 24.1 Å². The van der Waals surface area contributed by atoms with E-state index in [2.05, 4.69) is 10.3 Å². The molecule has 0 saturated heterocycles. The number of nitrogens with one attached hydrogen (secondary N) is 1. The number of anilines is 1. The van der Waals surface area contributed by atoms with E-state index in [1.165, 1.54) is 0 Å². The summed E-state index contributed by atoms with van der Waals surface area (Å²) in [6.45, 7) is 3.77. The Labute approximate surface area is 83.0 Å². The van der Waals surface area contributed by atoms with E-state index in [1.54, 1.807) is 12.4 Å². The second kappa shape index (κ2) is 4.60. The van der Waals surface area contributed by atoms with E-state index in [0.29, 0.717) is 0 Å². The standard InChI is InChI=1S/C10H14N2O2/c1-7-6-11-4-3-9(7)12-8(2)5-10(13)14/h3-4,6,8H,5H2,1-2H3,(H,11,12)(H,13,14). The molecule has 1 unspecified atom stereocenters. The van der Waals surface area contributed by atoms with Crippen molar-refractivity contribution >= 4 is 11.7 Å². The zero-order valence-electron chi connectivity index (χ0n) is 8.32. The molecular weight excluding hydrogens is 180 g/mol. The molecule has 4 nitrogen and oxygen atoms in total. The fourth-order valence-corrected chi connectivity index (χ4v) is 1.21. The van der Waals surface area contributed by atoms with Crippen LogP contribution in [-0.4, -0.2) is 22.1 Å². The van der Waals surface area contributed by atoms with Crippen LogP contribution in [0.4, 0.5) is 5.69 Å². The van der Waals surface area contributed by atoms with Crippen LogP contribution < -0.4 is 5.32 Å². The van der Waals surface area contributed by atoms with Crippen LogP contribution in [0, 0.1) is 6.92 Å². The summed E-state index contributed by atoms with van der Waals surface area (Å²) >= 11 is 0. The Kier molecular flexibility index (Phi) is 3.45. The molecule has 1 rings (SSSR count). The van der Waals surface area contributed by atoms with E-state index in [-0.39, 0.29) is 12.5 Å². The van der Waals surface area contributed by atoms with E-state index >= 15 is 0 Å². The lowest BCUT2D eigenvalue weighted by atomic mass is 10.2. The molecule has 14 heavy (non-hydrogen) atoms. The second-order valence-electron chi connectivity index (χ2n) is 3.33. The molecular formula is C10H14N2O2. The first-order chi connectivity index (χ1) is 6.59. The Hall–Kier alpha value is -1.58. The molecule has 0 aliphatic heterocycles. The number of aromatic nitrogens is 1. The molecule has 0 spiro atoms. The second-order valence-corrected chi connectivity index (χ2v) is 3.33. The Morgan fingerprint density at radius 1 is 1.71 bits per heavy atom. The number of hydrogen-bond acceptors (Lipinski definition) is 3. The minimum Gasteiger partial charge on any atom is -0.481 e. The molecule has 0 aromatic carbocycles. The SMILES string of the molecule is Cc1cnccc1NC(C)CC(=O)O. The molecule has 0 aliphatic carbocycles. The maximum Gasteiger partial charge on any atom is 0.305 e.